The van der Waals surface area contributed by atoms with Gasteiger partial charge in [0, 0.05) is 12.6 Å². The van der Waals surface area contributed by atoms with Gasteiger partial charge in [0.1, 0.15) is 0 Å². The monoisotopic (exact) mass is 175 g/mol. The molecule has 4 heteroatoms. The molecule has 1 saturated carbocycles. The van der Waals surface area contributed by atoms with E-state index in [1.54, 1.807) is 0 Å². The average Bonchev–Trinajstić information content (AvgIpc) is 2.79. The summed E-state index contributed by atoms with van der Waals surface area (Å²) in [5.41, 5.74) is 0. The molecule has 1 N–H and O–H groups in total. The molecule has 1 aliphatic carbocycles. The molecule has 1 fully saturated rings. The Labute approximate surface area is 71.2 Å². The lowest BCUT2D eigenvalue weighted by molar-refractivity contribution is -0.138. The number of carboxylic acids is 1. The van der Waals surface area contributed by atoms with Crippen LogP contribution < -0.4 is 0 Å². The van der Waals surface area contributed by atoms with Gasteiger partial charge >= 0.3 is 5.97 Å². The molecule has 0 aliphatic heterocycles. The van der Waals surface area contributed by atoms with E-state index in [2.05, 4.69) is 0 Å². The van der Waals surface area contributed by atoms with E-state index in [0.29, 0.717) is 19.0 Å². The van der Waals surface area contributed by atoms with Crippen molar-refractivity contribution in [2.24, 2.45) is 0 Å². The van der Waals surface area contributed by atoms with Gasteiger partial charge in [0.15, 0.2) is 0 Å². The van der Waals surface area contributed by atoms with Gasteiger partial charge in [0.05, 0.1) is 13.2 Å². The molecule has 0 amide bonds. The fraction of sp³-hybridized carbons (Fsp3) is 0.875. The molecule has 0 spiro atoms. The van der Waals surface area contributed by atoms with Crippen molar-refractivity contribution in [1.82, 2.24) is 4.90 Å². The summed E-state index contributed by atoms with van der Waals surface area (Å²) in [4.78, 5) is 12.2. The Morgan fingerprint density at radius 1 is 1.58 bits per heavy atom. The lowest BCUT2D eigenvalue weighted by atomic mass is 10.4. The molecular weight excluding hydrogens is 161 g/mol. The van der Waals surface area contributed by atoms with E-state index in [1.165, 1.54) is 0 Å². The minimum Gasteiger partial charge on any atom is -0.480 e. The number of carboxylic acid groups (broad SMARTS) is 1. The first-order valence-corrected chi connectivity index (χ1v) is 4.26. The Balaban J connectivity index is 2.22. The molecule has 70 valence electrons. The van der Waals surface area contributed by atoms with Crippen LogP contribution in [-0.4, -0.2) is 41.8 Å². The summed E-state index contributed by atoms with van der Waals surface area (Å²) in [6.45, 7) is 0.279. The summed E-state index contributed by atoms with van der Waals surface area (Å²) in [7, 11) is 0. The van der Waals surface area contributed by atoms with E-state index in [1.807, 2.05) is 4.90 Å². The number of hydrogen-bond acceptors (Lipinski definition) is 2. The highest BCUT2D eigenvalue weighted by molar-refractivity contribution is 5.69. The van der Waals surface area contributed by atoms with Crippen LogP contribution in [0.1, 0.15) is 19.3 Å². The van der Waals surface area contributed by atoms with Gasteiger partial charge in [-0.05, 0) is 19.3 Å². The van der Waals surface area contributed by atoms with Gasteiger partial charge in [0.25, 0.3) is 0 Å². The Morgan fingerprint density at radius 3 is 2.67 bits per heavy atom. The highest BCUT2D eigenvalue weighted by Gasteiger charge is 2.29. The van der Waals surface area contributed by atoms with Crippen molar-refractivity contribution in [3.63, 3.8) is 0 Å². The van der Waals surface area contributed by atoms with Crippen LogP contribution in [0.5, 0.6) is 0 Å². The second kappa shape index (κ2) is 4.40. The third-order valence-corrected chi connectivity index (χ3v) is 1.98. The zero-order valence-electron chi connectivity index (χ0n) is 7.00. The largest absolute Gasteiger partial charge is 0.480 e. The van der Waals surface area contributed by atoms with E-state index in [4.69, 9.17) is 5.11 Å². The second-order valence-electron chi connectivity index (χ2n) is 3.14. The molecule has 0 bridgehead atoms. The quantitative estimate of drug-likeness (QED) is 0.652. The fourth-order valence-corrected chi connectivity index (χ4v) is 1.27. The van der Waals surface area contributed by atoms with E-state index in [-0.39, 0.29) is 13.2 Å². The van der Waals surface area contributed by atoms with E-state index >= 15 is 0 Å². The van der Waals surface area contributed by atoms with Gasteiger partial charge in [-0.15, -0.1) is 0 Å². The van der Waals surface area contributed by atoms with Crippen molar-refractivity contribution >= 4 is 5.97 Å². The first-order valence-electron chi connectivity index (χ1n) is 4.26. The normalized spacial score (nSPS) is 16.8. The highest BCUT2D eigenvalue weighted by atomic mass is 19.1. The molecule has 0 atom stereocenters. The van der Waals surface area contributed by atoms with Gasteiger partial charge in [-0.25, -0.2) is 0 Å². The minimum absolute atomic E-state index is 0.0602. The zero-order valence-corrected chi connectivity index (χ0v) is 7.00. The molecule has 1 aliphatic rings. The zero-order chi connectivity index (χ0) is 8.97. The summed E-state index contributed by atoms with van der Waals surface area (Å²) >= 11 is 0. The maximum absolute atomic E-state index is 11.8. The van der Waals surface area contributed by atoms with Crippen molar-refractivity contribution in [3.8, 4) is 0 Å². The number of hydrogen-bond donors (Lipinski definition) is 1. The van der Waals surface area contributed by atoms with Crippen molar-refractivity contribution in [1.29, 1.82) is 0 Å². The van der Waals surface area contributed by atoms with E-state index in [0.717, 1.165) is 12.8 Å². The molecule has 0 saturated heterocycles. The molecule has 12 heavy (non-hydrogen) atoms. The average molecular weight is 175 g/mol. The van der Waals surface area contributed by atoms with Gasteiger partial charge < -0.3 is 5.11 Å². The van der Waals surface area contributed by atoms with Gasteiger partial charge in [-0.3, -0.25) is 14.1 Å². The second-order valence-corrected chi connectivity index (χ2v) is 3.14. The first-order chi connectivity index (χ1) is 5.74. The molecule has 0 unspecified atom stereocenters. The summed E-state index contributed by atoms with van der Waals surface area (Å²) in [6.07, 6.45) is 2.59. The fourth-order valence-electron chi connectivity index (χ4n) is 1.27. The summed E-state index contributed by atoms with van der Waals surface area (Å²) in [5, 5.41) is 8.52. The predicted molar refractivity (Wildman–Crippen MR) is 42.8 cm³/mol. The number of aliphatic carboxylic acids is 1. The summed E-state index contributed by atoms with van der Waals surface area (Å²) < 4.78 is 11.8. The van der Waals surface area contributed by atoms with Crippen molar-refractivity contribution in [3.05, 3.63) is 0 Å². The molecule has 0 heterocycles. The van der Waals surface area contributed by atoms with Gasteiger partial charge in [0.2, 0.25) is 0 Å². The lowest BCUT2D eigenvalue weighted by Gasteiger charge is -2.18. The first kappa shape index (κ1) is 9.45. The third-order valence-electron chi connectivity index (χ3n) is 1.98. The van der Waals surface area contributed by atoms with Crippen LogP contribution in [0.4, 0.5) is 4.39 Å². The molecular formula is C8H14FNO2. The molecule has 0 radical (unpaired) electrons. The molecule has 3 nitrogen and oxygen atoms in total. The van der Waals surface area contributed by atoms with E-state index < -0.39 is 5.97 Å². The van der Waals surface area contributed by atoms with Crippen molar-refractivity contribution in [2.75, 3.05) is 19.8 Å². The number of halogens is 1. The van der Waals surface area contributed by atoms with Crippen LogP contribution in [-0.2, 0) is 4.79 Å². The molecule has 1 rings (SSSR count). The van der Waals surface area contributed by atoms with Crippen LogP contribution in [0, 0.1) is 0 Å². The SMILES string of the molecule is O=C(O)CN(CCCF)C1CC1. The number of alkyl halides is 1. The van der Waals surface area contributed by atoms with E-state index in [9.17, 15) is 9.18 Å². The Kier molecular flexibility index (Phi) is 3.47. The Bertz CT molecular complexity index is 159. The summed E-state index contributed by atoms with van der Waals surface area (Å²) in [6, 6.07) is 0.410. The van der Waals surface area contributed by atoms with Crippen LogP contribution in [0.2, 0.25) is 0 Å². The minimum atomic E-state index is -0.819. The molecule has 0 aromatic heterocycles. The van der Waals surface area contributed by atoms with Gasteiger partial charge in [-0.1, -0.05) is 0 Å². The number of nitrogens with zero attached hydrogens (tertiary/aromatic N) is 1. The molecule has 0 aromatic rings. The predicted octanol–water partition coefficient (Wildman–Crippen LogP) is 0.895. The maximum atomic E-state index is 11.8. The lowest BCUT2D eigenvalue weighted by Crippen LogP contribution is -2.32. The number of rotatable bonds is 6. The maximum Gasteiger partial charge on any atom is 0.317 e. The Morgan fingerprint density at radius 2 is 2.25 bits per heavy atom. The summed E-state index contributed by atoms with van der Waals surface area (Å²) in [5.74, 6) is -0.819. The molecule has 0 aromatic carbocycles. The smallest absolute Gasteiger partial charge is 0.317 e. The Hall–Kier alpha value is -0.640. The third kappa shape index (κ3) is 3.17. The van der Waals surface area contributed by atoms with Gasteiger partial charge in [-0.2, -0.15) is 0 Å². The van der Waals surface area contributed by atoms with Crippen LogP contribution in [0.3, 0.4) is 0 Å². The standard InChI is InChI=1S/C8H14FNO2/c9-4-1-5-10(6-8(11)12)7-2-3-7/h7H,1-6H2,(H,11,12). The van der Waals surface area contributed by atoms with Crippen LogP contribution in [0.15, 0.2) is 0 Å². The van der Waals surface area contributed by atoms with Crippen LogP contribution >= 0.6 is 0 Å². The topological polar surface area (TPSA) is 40.5 Å². The number of carbonyl (C=O) groups is 1. The van der Waals surface area contributed by atoms with Crippen molar-refractivity contribution < 1.29 is 14.3 Å². The highest BCUT2D eigenvalue weighted by Crippen LogP contribution is 2.26. The van der Waals surface area contributed by atoms with Crippen LogP contribution in [0.25, 0.3) is 0 Å². The van der Waals surface area contributed by atoms with Crippen molar-refractivity contribution in [2.45, 2.75) is 25.3 Å².